The Morgan fingerprint density at radius 3 is 2.66 bits per heavy atom. The number of rotatable bonds is 8. The van der Waals surface area contributed by atoms with E-state index in [1.165, 1.54) is 5.56 Å². The molecule has 2 aliphatic rings. The molecule has 35 heavy (non-hydrogen) atoms. The van der Waals surface area contributed by atoms with Crippen LogP contribution in [0.5, 0.6) is 0 Å². The minimum absolute atomic E-state index is 0.108. The lowest BCUT2D eigenvalue weighted by Crippen LogP contribution is -2.49. The highest BCUT2D eigenvalue weighted by atomic mass is 19.4. The molecule has 0 saturated carbocycles. The van der Waals surface area contributed by atoms with Gasteiger partial charge in [0.1, 0.15) is 5.82 Å². The van der Waals surface area contributed by atoms with Gasteiger partial charge in [0, 0.05) is 38.2 Å². The van der Waals surface area contributed by atoms with Crippen molar-refractivity contribution in [2.24, 2.45) is 5.41 Å². The molecule has 2 aromatic rings. The number of aromatic nitrogens is 3. The molecule has 1 saturated heterocycles. The van der Waals surface area contributed by atoms with Gasteiger partial charge in [0.25, 0.3) is 0 Å². The monoisotopic (exact) mass is 495 g/mol. The van der Waals surface area contributed by atoms with Gasteiger partial charge in [-0.05, 0) is 55.6 Å². The van der Waals surface area contributed by atoms with Crippen LogP contribution in [-0.2, 0) is 35.3 Å². The lowest BCUT2D eigenvalue weighted by atomic mass is 9.73. The highest BCUT2D eigenvalue weighted by molar-refractivity contribution is 5.82. The third-order valence-corrected chi connectivity index (χ3v) is 6.70. The van der Waals surface area contributed by atoms with Gasteiger partial charge in [-0.15, -0.1) is 0 Å². The number of aliphatic carboxylic acids is 1. The van der Waals surface area contributed by atoms with Gasteiger partial charge in [0.15, 0.2) is 5.82 Å². The molecule has 0 aromatic carbocycles. The van der Waals surface area contributed by atoms with Crippen molar-refractivity contribution >= 4 is 17.7 Å². The summed E-state index contributed by atoms with van der Waals surface area (Å²) in [5.41, 5.74) is 1.35. The summed E-state index contributed by atoms with van der Waals surface area (Å²) in [6.45, 7) is 0.583. The van der Waals surface area contributed by atoms with Crippen molar-refractivity contribution in [3.63, 3.8) is 0 Å². The van der Waals surface area contributed by atoms with E-state index in [1.807, 2.05) is 6.07 Å². The Balaban J connectivity index is 1.33. The first-order valence-electron chi connectivity index (χ1n) is 11.8. The largest absolute Gasteiger partial charge is 0.481 e. The number of likely N-dealkylation sites (tertiary alicyclic amines) is 1. The average molecular weight is 496 g/mol. The molecule has 190 valence electrons. The fourth-order valence-electron chi connectivity index (χ4n) is 4.82. The van der Waals surface area contributed by atoms with Gasteiger partial charge in [-0.2, -0.15) is 18.2 Å². The van der Waals surface area contributed by atoms with E-state index in [1.54, 1.807) is 0 Å². The molecule has 2 N–H and O–H groups in total. The van der Waals surface area contributed by atoms with E-state index in [0.29, 0.717) is 12.2 Å². The molecule has 1 fully saturated rings. The highest BCUT2D eigenvalue weighted by Gasteiger charge is 2.46. The first-order valence-corrected chi connectivity index (χ1v) is 11.8. The maximum Gasteiger partial charge on any atom is 0.471 e. The summed E-state index contributed by atoms with van der Waals surface area (Å²) in [7, 11) is 0. The van der Waals surface area contributed by atoms with Gasteiger partial charge >= 0.3 is 18.1 Å². The zero-order chi connectivity index (χ0) is 25.1. The van der Waals surface area contributed by atoms with E-state index in [-0.39, 0.29) is 44.7 Å². The number of halogens is 3. The Kier molecular flexibility index (Phi) is 7.27. The maximum absolute atomic E-state index is 12.7. The van der Waals surface area contributed by atoms with Crippen molar-refractivity contribution in [2.75, 3.05) is 25.0 Å². The number of carbonyl (C=O) groups excluding carboxylic acids is 1. The standard InChI is InChI=1S/C23H28F3N5O4/c24-23(25,26)21(34)31-11-8-22(9-12-31,14-19(32)33)13-18-29-17(30-35-18)5-1-4-16-7-6-15-3-2-10-27-20(15)28-16/h6-7H,1-5,8-14H2,(H,27,28)(H,32,33). The molecule has 0 aliphatic carbocycles. The first kappa shape index (κ1) is 24.9. The SMILES string of the molecule is O=C(O)CC1(Cc2nc(CCCc3ccc4c(n3)NCCC4)no2)CCN(C(=O)C(F)(F)F)CC1. The molecule has 4 heterocycles. The normalized spacial score (nSPS) is 17.5. The summed E-state index contributed by atoms with van der Waals surface area (Å²) in [6, 6.07) is 4.13. The summed E-state index contributed by atoms with van der Waals surface area (Å²) in [4.78, 5) is 32.8. The molecular weight excluding hydrogens is 467 g/mol. The smallest absolute Gasteiger partial charge is 0.471 e. The van der Waals surface area contributed by atoms with Gasteiger partial charge in [0.05, 0.1) is 6.42 Å². The average Bonchev–Trinajstić information content (AvgIpc) is 3.24. The number of carboxylic acids is 1. The Hall–Kier alpha value is -3.18. The molecule has 4 rings (SSSR count). The van der Waals surface area contributed by atoms with Gasteiger partial charge in [-0.3, -0.25) is 9.59 Å². The second-order valence-corrected chi connectivity index (χ2v) is 9.34. The molecule has 9 nitrogen and oxygen atoms in total. The maximum atomic E-state index is 12.7. The zero-order valence-corrected chi connectivity index (χ0v) is 19.2. The van der Waals surface area contributed by atoms with Crippen molar-refractivity contribution in [1.29, 1.82) is 0 Å². The third-order valence-electron chi connectivity index (χ3n) is 6.70. The molecule has 0 radical (unpaired) electrons. The van der Waals surface area contributed by atoms with Gasteiger partial charge < -0.3 is 19.8 Å². The summed E-state index contributed by atoms with van der Waals surface area (Å²) < 4.78 is 43.6. The van der Waals surface area contributed by atoms with Crippen LogP contribution in [-0.4, -0.2) is 62.8 Å². The molecule has 0 bridgehead atoms. The van der Waals surface area contributed by atoms with Gasteiger partial charge in [0.2, 0.25) is 5.89 Å². The van der Waals surface area contributed by atoms with E-state index >= 15 is 0 Å². The van der Waals surface area contributed by atoms with Crippen molar-refractivity contribution in [3.05, 3.63) is 35.1 Å². The van der Waals surface area contributed by atoms with Gasteiger partial charge in [-0.1, -0.05) is 11.2 Å². The second-order valence-electron chi connectivity index (χ2n) is 9.34. The number of fused-ring (bicyclic) bond motifs is 1. The minimum Gasteiger partial charge on any atom is -0.481 e. The van der Waals surface area contributed by atoms with E-state index in [2.05, 4.69) is 26.5 Å². The summed E-state index contributed by atoms with van der Waals surface area (Å²) in [5, 5.41) is 16.7. The van der Waals surface area contributed by atoms with Crippen molar-refractivity contribution in [3.8, 4) is 0 Å². The molecule has 0 spiro atoms. The van der Waals surface area contributed by atoms with Crippen LogP contribution in [0.4, 0.5) is 19.0 Å². The van der Waals surface area contributed by atoms with Gasteiger partial charge in [-0.25, -0.2) is 4.98 Å². The predicted octanol–water partition coefficient (Wildman–Crippen LogP) is 3.19. The van der Waals surface area contributed by atoms with E-state index in [0.717, 1.165) is 48.6 Å². The summed E-state index contributed by atoms with van der Waals surface area (Å²) >= 11 is 0. The van der Waals surface area contributed by atoms with E-state index < -0.39 is 23.5 Å². The van der Waals surface area contributed by atoms with Crippen molar-refractivity contribution < 1.29 is 32.4 Å². The number of alkyl halides is 3. The number of aryl methyl sites for hydroxylation is 3. The predicted molar refractivity (Wildman–Crippen MR) is 118 cm³/mol. The third kappa shape index (κ3) is 6.29. The summed E-state index contributed by atoms with van der Waals surface area (Å²) in [5.74, 6) is -1.26. The minimum atomic E-state index is -4.95. The number of nitrogens with zero attached hydrogens (tertiary/aromatic N) is 4. The molecule has 0 atom stereocenters. The topological polar surface area (TPSA) is 121 Å². The fourth-order valence-corrected chi connectivity index (χ4v) is 4.82. The van der Waals surface area contributed by atoms with Crippen LogP contribution in [0, 0.1) is 5.41 Å². The Morgan fingerprint density at radius 1 is 1.17 bits per heavy atom. The molecule has 12 heteroatoms. The fraction of sp³-hybridized carbons (Fsp3) is 0.609. The molecule has 2 aromatic heterocycles. The number of piperidine rings is 1. The first-order chi connectivity index (χ1) is 16.6. The van der Waals surface area contributed by atoms with Crippen LogP contribution in [0.2, 0.25) is 0 Å². The van der Waals surface area contributed by atoms with Crippen LogP contribution in [0.1, 0.15) is 55.1 Å². The number of amides is 1. The summed E-state index contributed by atoms with van der Waals surface area (Å²) in [6.07, 6.45) is -0.671. The number of carboxylic acid groups (broad SMARTS) is 1. The Morgan fingerprint density at radius 2 is 1.94 bits per heavy atom. The Labute approximate surface area is 200 Å². The number of pyridine rings is 1. The van der Waals surface area contributed by atoms with Crippen LogP contribution in [0.3, 0.4) is 0 Å². The molecule has 2 aliphatic heterocycles. The Bertz CT molecular complexity index is 1060. The van der Waals surface area contributed by atoms with Crippen molar-refractivity contribution in [1.82, 2.24) is 20.0 Å². The van der Waals surface area contributed by atoms with E-state index in [9.17, 15) is 27.9 Å². The number of anilines is 1. The zero-order valence-electron chi connectivity index (χ0n) is 19.2. The lowest BCUT2D eigenvalue weighted by Gasteiger charge is -2.40. The molecule has 0 unspecified atom stereocenters. The van der Waals surface area contributed by atoms with Crippen molar-refractivity contribution in [2.45, 2.75) is 64.0 Å². The quantitative estimate of drug-likeness (QED) is 0.573. The molecular formula is C23H28F3N5O4. The number of hydrogen-bond acceptors (Lipinski definition) is 7. The van der Waals surface area contributed by atoms with Crippen LogP contribution in [0.15, 0.2) is 16.7 Å². The molecule has 1 amide bonds. The number of carbonyl (C=O) groups is 2. The van der Waals surface area contributed by atoms with Crippen LogP contribution < -0.4 is 5.32 Å². The van der Waals surface area contributed by atoms with Crippen LogP contribution in [0.25, 0.3) is 0 Å². The van der Waals surface area contributed by atoms with Crippen LogP contribution >= 0.6 is 0 Å². The number of hydrogen-bond donors (Lipinski definition) is 2. The highest BCUT2D eigenvalue weighted by Crippen LogP contribution is 2.39. The lowest BCUT2D eigenvalue weighted by molar-refractivity contribution is -0.187. The van der Waals surface area contributed by atoms with E-state index in [4.69, 9.17) is 4.52 Å². The number of nitrogens with one attached hydrogen (secondary N) is 1. The second kappa shape index (κ2) is 10.2.